The molecule has 2 aliphatic rings. The predicted molar refractivity (Wildman–Crippen MR) is 106 cm³/mol. The van der Waals surface area contributed by atoms with Gasteiger partial charge in [-0.05, 0) is 12.8 Å². The Morgan fingerprint density at radius 1 is 1.07 bits per heavy atom. The van der Waals surface area contributed by atoms with Gasteiger partial charge in [0.1, 0.15) is 11.6 Å². The fourth-order valence-electron chi connectivity index (χ4n) is 4.66. The van der Waals surface area contributed by atoms with Crippen LogP contribution in [0.4, 0.5) is 0 Å². The highest BCUT2D eigenvalue weighted by Crippen LogP contribution is 2.35. The van der Waals surface area contributed by atoms with E-state index >= 15 is 0 Å². The first kappa shape index (κ1) is 17.6. The molecule has 28 heavy (non-hydrogen) atoms. The van der Waals surface area contributed by atoms with E-state index in [4.69, 9.17) is 9.97 Å². The SMILES string of the molecule is Cn1ccnc1CN1CCc2[nH]cnc2[C@@H]1c1cnc(C2CCCCC2)nc1. The minimum absolute atomic E-state index is 0.0621. The maximum Gasteiger partial charge on any atom is 0.131 e. The van der Waals surface area contributed by atoms with E-state index in [-0.39, 0.29) is 6.04 Å². The van der Waals surface area contributed by atoms with Crippen LogP contribution in [0.1, 0.15) is 72.7 Å². The van der Waals surface area contributed by atoms with E-state index in [1.165, 1.54) is 37.8 Å². The summed E-state index contributed by atoms with van der Waals surface area (Å²) in [6, 6.07) is 0.0621. The average Bonchev–Trinajstić information content (AvgIpc) is 3.38. The van der Waals surface area contributed by atoms with Crippen molar-refractivity contribution in [3.8, 4) is 0 Å². The topological polar surface area (TPSA) is 75.5 Å². The number of hydrogen-bond donors (Lipinski definition) is 1. The molecule has 146 valence electrons. The molecule has 0 bridgehead atoms. The highest BCUT2D eigenvalue weighted by Gasteiger charge is 2.32. The molecule has 3 aromatic heterocycles. The quantitative estimate of drug-likeness (QED) is 0.756. The van der Waals surface area contributed by atoms with Crippen LogP contribution in [0.25, 0.3) is 0 Å². The number of H-pyrrole nitrogens is 1. The van der Waals surface area contributed by atoms with Crippen LogP contribution in [0.15, 0.2) is 31.1 Å². The molecule has 1 fully saturated rings. The van der Waals surface area contributed by atoms with Gasteiger partial charge in [0.2, 0.25) is 0 Å². The van der Waals surface area contributed by atoms with E-state index in [0.717, 1.165) is 42.4 Å². The molecule has 0 spiro atoms. The summed E-state index contributed by atoms with van der Waals surface area (Å²) in [5.41, 5.74) is 3.42. The summed E-state index contributed by atoms with van der Waals surface area (Å²) in [5.74, 6) is 2.60. The monoisotopic (exact) mass is 377 g/mol. The van der Waals surface area contributed by atoms with Crippen LogP contribution in [-0.4, -0.2) is 40.9 Å². The molecule has 1 atom stereocenters. The molecule has 7 heteroatoms. The molecular formula is C21H27N7. The van der Waals surface area contributed by atoms with Crippen LogP contribution in [0.5, 0.6) is 0 Å². The van der Waals surface area contributed by atoms with Gasteiger partial charge in [0, 0.05) is 62.0 Å². The Bertz CT molecular complexity index is 920. The third-order valence-corrected chi connectivity index (χ3v) is 6.27. The maximum absolute atomic E-state index is 4.79. The standard InChI is InChI=1S/C21H27N7/c1-27-10-8-22-18(27)13-28-9-7-17-19(26-14-25-17)20(28)16-11-23-21(24-12-16)15-5-3-2-4-6-15/h8,10-12,14-15,20H,2-7,9,13H2,1H3,(H,25,26)/t20-/m0/s1. The molecule has 5 rings (SSSR count). The van der Waals surface area contributed by atoms with E-state index in [0.29, 0.717) is 5.92 Å². The second-order valence-corrected chi connectivity index (χ2v) is 8.05. The van der Waals surface area contributed by atoms with Gasteiger partial charge < -0.3 is 9.55 Å². The first-order valence-electron chi connectivity index (χ1n) is 10.3. The molecule has 3 aromatic rings. The van der Waals surface area contributed by atoms with Gasteiger partial charge in [0.15, 0.2) is 0 Å². The zero-order valence-corrected chi connectivity index (χ0v) is 16.4. The zero-order chi connectivity index (χ0) is 18.9. The van der Waals surface area contributed by atoms with Gasteiger partial charge in [-0.1, -0.05) is 19.3 Å². The maximum atomic E-state index is 4.79. The third-order valence-electron chi connectivity index (χ3n) is 6.27. The summed E-state index contributed by atoms with van der Waals surface area (Å²) in [4.78, 5) is 24.5. The van der Waals surface area contributed by atoms with Crippen LogP contribution in [0, 0.1) is 0 Å². The highest BCUT2D eigenvalue weighted by molar-refractivity contribution is 5.30. The van der Waals surface area contributed by atoms with Crippen LogP contribution in [-0.2, 0) is 20.0 Å². The van der Waals surface area contributed by atoms with Gasteiger partial charge in [0.05, 0.1) is 24.6 Å². The normalized spacial score (nSPS) is 21.0. The molecule has 4 heterocycles. The van der Waals surface area contributed by atoms with Crippen LogP contribution in [0.2, 0.25) is 0 Å². The van der Waals surface area contributed by atoms with Crippen molar-refractivity contribution in [2.45, 2.75) is 57.0 Å². The van der Waals surface area contributed by atoms with Gasteiger partial charge >= 0.3 is 0 Å². The molecule has 1 saturated carbocycles. The lowest BCUT2D eigenvalue weighted by Crippen LogP contribution is -2.36. The average molecular weight is 377 g/mol. The minimum Gasteiger partial charge on any atom is -0.348 e. The number of imidazole rings is 2. The molecule has 0 amide bonds. The van der Waals surface area contributed by atoms with Crippen molar-refractivity contribution < 1.29 is 0 Å². The number of rotatable bonds is 4. The first-order chi connectivity index (χ1) is 13.8. The Labute approximate surface area is 165 Å². The molecule has 1 aliphatic carbocycles. The summed E-state index contributed by atoms with van der Waals surface area (Å²) >= 11 is 0. The number of nitrogens with zero attached hydrogens (tertiary/aromatic N) is 6. The van der Waals surface area contributed by atoms with Crippen molar-refractivity contribution in [1.82, 2.24) is 34.4 Å². The van der Waals surface area contributed by atoms with Gasteiger partial charge in [-0.3, -0.25) is 4.90 Å². The van der Waals surface area contributed by atoms with Crippen molar-refractivity contribution in [3.63, 3.8) is 0 Å². The fraction of sp³-hybridized carbons (Fsp3) is 0.524. The Hall–Kier alpha value is -2.54. The second-order valence-electron chi connectivity index (χ2n) is 8.05. The number of aryl methyl sites for hydroxylation is 1. The van der Waals surface area contributed by atoms with Crippen molar-refractivity contribution in [1.29, 1.82) is 0 Å². The third kappa shape index (κ3) is 3.24. The summed E-state index contributed by atoms with van der Waals surface area (Å²) in [6.45, 7) is 1.74. The van der Waals surface area contributed by atoms with Gasteiger partial charge in [-0.25, -0.2) is 19.9 Å². The molecule has 7 nitrogen and oxygen atoms in total. The van der Waals surface area contributed by atoms with E-state index < -0.39 is 0 Å². The van der Waals surface area contributed by atoms with E-state index in [1.54, 1.807) is 6.33 Å². The summed E-state index contributed by atoms with van der Waals surface area (Å²) < 4.78 is 2.08. The Morgan fingerprint density at radius 2 is 1.89 bits per heavy atom. The van der Waals surface area contributed by atoms with Crippen LogP contribution < -0.4 is 0 Å². The molecule has 1 N–H and O–H groups in total. The number of fused-ring (bicyclic) bond motifs is 1. The number of aromatic amines is 1. The highest BCUT2D eigenvalue weighted by atomic mass is 15.2. The van der Waals surface area contributed by atoms with Crippen molar-refractivity contribution >= 4 is 0 Å². The van der Waals surface area contributed by atoms with Gasteiger partial charge in [-0.2, -0.15) is 0 Å². The smallest absolute Gasteiger partial charge is 0.131 e. The number of aromatic nitrogens is 6. The van der Waals surface area contributed by atoms with Crippen LogP contribution in [0.3, 0.4) is 0 Å². The largest absolute Gasteiger partial charge is 0.348 e. The Balaban J connectivity index is 1.45. The predicted octanol–water partition coefficient (Wildman–Crippen LogP) is 3.13. The molecule has 0 radical (unpaired) electrons. The lowest BCUT2D eigenvalue weighted by atomic mass is 9.88. The van der Waals surface area contributed by atoms with Crippen molar-refractivity contribution in [2.75, 3.05) is 6.54 Å². The van der Waals surface area contributed by atoms with Crippen LogP contribution >= 0.6 is 0 Å². The van der Waals surface area contributed by atoms with Crippen molar-refractivity contribution in [3.05, 3.63) is 59.7 Å². The molecule has 1 aliphatic heterocycles. The second kappa shape index (κ2) is 7.47. The molecule has 0 aromatic carbocycles. The lowest BCUT2D eigenvalue weighted by molar-refractivity contribution is 0.193. The zero-order valence-electron chi connectivity index (χ0n) is 16.4. The van der Waals surface area contributed by atoms with Gasteiger partial charge in [-0.15, -0.1) is 0 Å². The summed E-state index contributed by atoms with van der Waals surface area (Å²) in [7, 11) is 2.04. The van der Waals surface area contributed by atoms with E-state index in [9.17, 15) is 0 Å². The molecule has 0 saturated heterocycles. The van der Waals surface area contributed by atoms with E-state index in [2.05, 4.69) is 24.4 Å². The number of nitrogens with one attached hydrogen (secondary N) is 1. The van der Waals surface area contributed by atoms with E-state index in [1.807, 2.05) is 31.8 Å². The lowest BCUT2D eigenvalue weighted by Gasteiger charge is -2.34. The minimum atomic E-state index is 0.0621. The summed E-state index contributed by atoms with van der Waals surface area (Å²) in [6.07, 6.45) is 17.1. The Kier molecular flexibility index (Phi) is 4.68. The fourth-order valence-corrected chi connectivity index (χ4v) is 4.66. The number of hydrogen-bond acceptors (Lipinski definition) is 5. The molecular weight excluding hydrogens is 350 g/mol. The Morgan fingerprint density at radius 3 is 2.64 bits per heavy atom. The van der Waals surface area contributed by atoms with Gasteiger partial charge in [0.25, 0.3) is 0 Å². The van der Waals surface area contributed by atoms with Crippen molar-refractivity contribution in [2.24, 2.45) is 7.05 Å². The first-order valence-corrected chi connectivity index (χ1v) is 10.3. The summed E-state index contributed by atoms with van der Waals surface area (Å²) in [5, 5.41) is 0. The molecule has 0 unspecified atom stereocenters.